The van der Waals surface area contributed by atoms with Crippen molar-refractivity contribution in [1.82, 2.24) is 10.2 Å². The lowest BCUT2D eigenvalue weighted by atomic mass is 9.81. The number of furan rings is 1. The minimum Gasteiger partial charge on any atom is -0.459 e. The first kappa shape index (κ1) is 19.6. The van der Waals surface area contributed by atoms with Crippen molar-refractivity contribution < 1.29 is 23.1 Å². The summed E-state index contributed by atoms with van der Waals surface area (Å²) in [6.45, 7) is 2.13. The number of likely N-dealkylation sites (tertiary alicyclic amines) is 1. The van der Waals surface area contributed by atoms with Crippen LogP contribution in [0.3, 0.4) is 0 Å². The summed E-state index contributed by atoms with van der Waals surface area (Å²) in [5, 5.41) is 3.25. The van der Waals surface area contributed by atoms with Crippen molar-refractivity contribution in [1.29, 1.82) is 0 Å². The van der Waals surface area contributed by atoms with Crippen LogP contribution in [0.5, 0.6) is 0 Å². The molecule has 2 fully saturated rings. The van der Waals surface area contributed by atoms with Crippen LogP contribution in [0.4, 0.5) is 4.39 Å². The van der Waals surface area contributed by atoms with Gasteiger partial charge in [-0.25, -0.2) is 4.39 Å². The van der Waals surface area contributed by atoms with Gasteiger partial charge in [0.05, 0.1) is 11.8 Å². The van der Waals surface area contributed by atoms with E-state index in [2.05, 4.69) is 5.32 Å². The van der Waals surface area contributed by atoms with E-state index in [1.807, 2.05) is 0 Å². The van der Waals surface area contributed by atoms with Gasteiger partial charge < -0.3 is 19.4 Å². The highest BCUT2D eigenvalue weighted by atomic mass is 19.1. The van der Waals surface area contributed by atoms with Gasteiger partial charge >= 0.3 is 0 Å². The van der Waals surface area contributed by atoms with Crippen molar-refractivity contribution in [2.24, 2.45) is 5.92 Å². The predicted octanol–water partition coefficient (Wildman–Crippen LogP) is 3.09. The second-order valence-electron chi connectivity index (χ2n) is 7.73. The fourth-order valence-electron chi connectivity index (χ4n) is 4.21. The van der Waals surface area contributed by atoms with Crippen LogP contribution in [0, 0.1) is 11.7 Å². The summed E-state index contributed by atoms with van der Waals surface area (Å²) in [6.07, 6.45) is 4.00. The molecule has 4 rings (SSSR count). The molecule has 0 atom stereocenters. The van der Waals surface area contributed by atoms with Crippen molar-refractivity contribution in [3.05, 3.63) is 59.8 Å². The molecule has 1 N–H and O–H groups in total. The Morgan fingerprint density at radius 3 is 2.38 bits per heavy atom. The smallest absolute Gasteiger partial charge is 0.289 e. The van der Waals surface area contributed by atoms with Gasteiger partial charge in [-0.2, -0.15) is 0 Å². The first-order valence-corrected chi connectivity index (χ1v) is 10.1. The molecule has 3 heterocycles. The fourth-order valence-corrected chi connectivity index (χ4v) is 4.21. The van der Waals surface area contributed by atoms with Crippen LogP contribution in [0.2, 0.25) is 0 Å². The highest BCUT2D eigenvalue weighted by Gasteiger charge is 2.38. The van der Waals surface area contributed by atoms with Gasteiger partial charge in [0.2, 0.25) is 5.91 Å². The molecule has 1 aromatic heterocycles. The van der Waals surface area contributed by atoms with E-state index in [-0.39, 0.29) is 23.5 Å². The quantitative estimate of drug-likeness (QED) is 0.856. The van der Waals surface area contributed by atoms with Crippen molar-refractivity contribution in [2.45, 2.75) is 31.2 Å². The van der Waals surface area contributed by atoms with Gasteiger partial charge in [-0.05, 0) is 55.5 Å². The predicted molar refractivity (Wildman–Crippen MR) is 104 cm³/mol. The maximum absolute atomic E-state index is 13.4. The molecule has 2 aliphatic heterocycles. The van der Waals surface area contributed by atoms with Crippen molar-refractivity contribution in [3.63, 3.8) is 0 Å². The first-order valence-electron chi connectivity index (χ1n) is 10.1. The SMILES string of the molecule is O=C(NC1(c2ccc(F)cc2)CCOCC1)C1CCN(C(=O)c2ccco2)CC1. The number of nitrogens with one attached hydrogen (secondary N) is 1. The zero-order valence-electron chi connectivity index (χ0n) is 16.2. The Kier molecular flexibility index (Phi) is 5.67. The highest BCUT2D eigenvalue weighted by molar-refractivity contribution is 5.91. The number of ether oxygens (including phenoxy) is 1. The van der Waals surface area contributed by atoms with E-state index in [0.717, 1.165) is 5.56 Å². The van der Waals surface area contributed by atoms with E-state index in [4.69, 9.17) is 9.15 Å². The molecular weight excluding hydrogens is 375 g/mol. The highest BCUT2D eigenvalue weighted by Crippen LogP contribution is 2.33. The molecule has 0 unspecified atom stereocenters. The van der Waals surface area contributed by atoms with E-state index < -0.39 is 5.54 Å². The van der Waals surface area contributed by atoms with Gasteiger partial charge in [-0.1, -0.05) is 12.1 Å². The van der Waals surface area contributed by atoms with Gasteiger partial charge in [0.1, 0.15) is 5.82 Å². The molecule has 0 radical (unpaired) electrons. The van der Waals surface area contributed by atoms with Crippen molar-refractivity contribution in [3.8, 4) is 0 Å². The summed E-state index contributed by atoms with van der Waals surface area (Å²) < 4.78 is 24.1. The lowest BCUT2D eigenvalue weighted by Gasteiger charge is -2.40. The molecule has 0 spiro atoms. The van der Waals surface area contributed by atoms with Gasteiger partial charge in [0.25, 0.3) is 5.91 Å². The van der Waals surface area contributed by atoms with Crippen LogP contribution in [-0.4, -0.2) is 43.0 Å². The molecule has 0 saturated carbocycles. The number of hydrogen-bond donors (Lipinski definition) is 1. The summed E-state index contributed by atoms with van der Waals surface area (Å²) in [7, 11) is 0. The maximum Gasteiger partial charge on any atom is 0.289 e. The number of halogens is 1. The van der Waals surface area contributed by atoms with Crippen LogP contribution in [0.25, 0.3) is 0 Å². The number of amides is 2. The minimum atomic E-state index is -0.538. The Balaban J connectivity index is 1.41. The van der Waals surface area contributed by atoms with Crippen molar-refractivity contribution >= 4 is 11.8 Å². The Morgan fingerprint density at radius 2 is 1.76 bits per heavy atom. The summed E-state index contributed by atoms with van der Waals surface area (Å²) >= 11 is 0. The number of hydrogen-bond acceptors (Lipinski definition) is 4. The van der Waals surface area contributed by atoms with Crippen LogP contribution < -0.4 is 5.32 Å². The standard InChI is InChI=1S/C22H25FN2O4/c23-18-5-3-17(4-6-18)22(9-14-28-15-10-22)24-20(26)16-7-11-25(12-8-16)21(27)19-2-1-13-29-19/h1-6,13,16H,7-12,14-15H2,(H,24,26). The maximum atomic E-state index is 13.4. The molecule has 6 nitrogen and oxygen atoms in total. The number of piperidine rings is 1. The monoisotopic (exact) mass is 400 g/mol. The van der Waals surface area contributed by atoms with Gasteiger partial charge in [-0.15, -0.1) is 0 Å². The molecule has 29 heavy (non-hydrogen) atoms. The normalized spacial score (nSPS) is 19.7. The number of carbonyl (C=O) groups is 2. The van der Waals surface area contributed by atoms with E-state index in [1.165, 1.54) is 18.4 Å². The van der Waals surface area contributed by atoms with E-state index in [1.54, 1.807) is 29.2 Å². The summed E-state index contributed by atoms with van der Waals surface area (Å²) in [6, 6.07) is 9.68. The third-order valence-electron chi connectivity index (χ3n) is 5.99. The number of benzene rings is 1. The molecule has 154 valence electrons. The number of nitrogens with zero attached hydrogens (tertiary/aromatic N) is 1. The Bertz CT molecular complexity index is 836. The second kappa shape index (κ2) is 8.37. The van der Waals surface area contributed by atoms with Crippen molar-refractivity contribution in [2.75, 3.05) is 26.3 Å². The zero-order valence-corrected chi connectivity index (χ0v) is 16.2. The lowest BCUT2D eigenvalue weighted by Crippen LogP contribution is -2.52. The van der Waals surface area contributed by atoms with Crippen LogP contribution in [0.15, 0.2) is 47.1 Å². The minimum absolute atomic E-state index is 0.0127. The molecule has 7 heteroatoms. The Hall–Kier alpha value is -2.67. The zero-order chi connectivity index (χ0) is 20.3. The molecule has 2 aromatic rings. The Morgan fingerprint density at radius 1 is 1.07 bits per heavy atom. The molecular formula is C22H25FN2O4. The van der Waals surface area contributed by atoms with E-state index in [9.17, 15) is 14.0 Å². The average molecular weight is 400 g/mol. The summed E-state index contributed by atoms with van der Waals surface area (Å²) in [5.41, 5.74) is 0.366. The third-order valence-corrected chi connectivity index (χ3v) is 5.99. The van der Waals surface area contributed by atoms with Crippen LogP contribution >= 0.6 is 0 Å². The Labute approximate surface area is 169 Å². The molecule has 0 aliphatic carbocycles. The van der Waals surface area contributed by atoms with Gasteiger partial charge in [-0.3, -0.25) is 9.59 Å². The molecule has 2 saturated heterocycles. The van der Waals surface area contributed by atoms with Gasteiger partial charge in [0, 0.05) is 32.2 Å². The average Bonchev–Trinajstić information content (AvgIpc) is 3.29. The van der Waals surface area contributed by atoms with Gasteiger partial charge in [0.15, 0.2) is 5.76 Å². The summed E-state index contributed by atoms with van der Waals surface area (Å²) in [4.78, 5) is 27.2. The topological polar surface area (TPSA) is 71.8 Å². The molecule has 2 amide bonds. The largest absolute Gasteiger partial charge is 0.459 e. The fraction of sp³-hybridized carbons (Fsp3) is 0.455. The molecule has 2 aliphatic rings. The third kappa shape index (κ3) is 4.19. The van der Waals surface area contributed by atoms with Crippen LogP contribution in [-0.2, 0) is 15.1 Å². The summed E-state index contributed by atoms with van der Waals surface area (Å²) in [5.74, 6) is -0.278. The number of carbonyl (C=O) groups excluding carboxylic acids is 2. The molecule has 1 aromatic carbocycles. The number of rotatable bonds is 4. The lowest BCUT2D eigenvalue weighted by molar-refractivity contribution is -0.129. The first-order chi connectivity index (χ1) is 14.1. The van der Waals surface area contributed by atoms with E-state index in [0.29, 0.717) is 57.7 Å². The molecule has 0 bridgehead atoms. The van der Waals surface area contributed by atoms with Crippen LogP contribution in [0.1, 0.15) is 41.8 Å². The second-order valence-corrected chi connectivity index (χ2v) is 7.73. The van der Waals surface area contributed by atoms with E-state index >= 15 is 0 Å².